The third-order valence-electron chi connectivity index (χ3n) is 4.47. The number of aryl methyl sites for hydroxylation is 1. The Hall–Kier alpha value is -1.89. The van der Waals surface area contributed by atoms with Gasteiger partial charge in [0.05, 0.1) is 0 Å². The highest BCUT2D eigenvalue weighted by Gasteiger charge is 2.21. The summed E-state index contributed by atoms with van der Waals surface area (Å²) in [5.74, 6) is 1.68. The third kappa shape index (κ3) is 7.71. The van der Waals surface area contributed by atoms with E-state index in [1.54, 1.807) is 13.8 Å². The van der Waals surface area contributed by atoms with Crippen molar-refractivity contribution in [3.63, 3.8) is 0 Å². The number of anilines is 1. The number of nitrogen functional groups attached to an aromatic ring is 1. The van der Waals surface area contributed by atoms with Gasteiger partial charge in [-0.1, -0.05) is 32.4 Å². The minimum Gasteiger partial charge on any atom is -0.383 e. The summed E-state index contributed by atoms with van der Waals surface area (Å²) in [6, 6.07) is -0.514. The second kappa shape index (κ2) is 11.1. The molecule has 2 unspecified atom stereocenters. The second-order valence-electron chi connectivity index (χ2n) is 7.54. The smallest absolute Gasteiger partial charge is 0.244 e. The number of hydrogen-bond acceptors (Lipinski definition) is 5. The highest BCUT2D eigenvalue weighted by molar-refractivity contribution is 6.30. The fraction of sp³-hybridized carbons (Fsp3) is 0.684. The molecule has 0 fully saturated rings. The molecule has 2 amide bonds. The van der Waals surface area contributed by atoms with Gasteiger partial charge in [0.2, 0.25) is 12.3 Å². The minimum atomic E-state index is -0.514. The Labute approximate surface area is 167 Å². The van der Waals surface area contributed by atoms with Crippen LogP contribution in [0.15, 0.2) is 0 Å². The van der Waals surface area contributed by atoms with Crippen LogP contribution >= 0.6 is 11.6 Å². The molecule has 1 aromatic heterocycles. The van der Waals surface area contributed by atoms with E-state index in [4.69, 9.17) is 17.3 Å². The molecule has 1 rings (SSSR count). The molecule has 7 nitrogen and oxygen atoms in total. The number of carbonyl (C=O) groups is 2. The molecule has 0 aliphatic carbocycles. The van der Waals surface area contributed by atoms with E-state index in [1.807, 2.05) is 4.90 Å². The van der Waals surface area contributed by atoms with Crippen LogP contribution in [0.5, 0.6) is 0 Å². The van der Waals surface area contributed by atoms with E-state index in [0.717, 1.165) is 18.4 Å². The first kappa shape index (κ1) is 23.1. The van der Waals surface area contributed by atoms with Crippen LogP contribution in [0.25, 0.3) is 0 Å². The summed E-state index contributed by atoms with van der Waals surface area (Å²) >= 11 is 6.19. The molecule has 0 aliphatic heterocycles. The molecule has 0 bridgehead atoms. The maximum absolute atomic E-state index is 12.5. The van der Waals surface area contributed by atoms with Gasteiger partial charge in [0.25, 0.3) is 0 Å². The van der Waals surface area contributed by atoms with E-state index in [2.05, 4.69) is 36.1 Å². The number of aromatic nitrogens is 2. The van der Waals surface area contributed by atoms with Crippen molar-refractivity contribution >= 4 is 29.7 Å². The number of nitrogens with one attached hydrogen (secondary N) is 1. The zero-order valence-corrected chi connectivity index (χ0v) is 17.7. The molecule has 27 heavy (non-hydrogen) atoms. The molecule has 0 aliphatic rings. The van der Waals surface area contributed by atoms with Crippen molar-refractivity contribution in [2.75, 3.05) is 18.8 Å². The molecular formula is C19H32ClN5O2. The molecule has 152 valence electrons. The molecule has 2 atom stereocenters. The Morgan fingerprint density at radius 3 is 2.48 bits per heavy atom. The first-order valence-electron chi connectivity index (χ1n) is 9.42. The van der Waals surface area contributed by atoms with E-state index >= 15 is 0 Å². The van der Waals surface area contributed by atoms with Crippen molar-refractivity contribution in [2.45, 2.75) is 59.9 Å². The molecule has 1 heterocycles. The third-order valence-corrected chi connectivity index (χ3v) is 4.78. The summed E-state index contributed by atoms with van der Waals surface area (Å²) in [5.41, 5.74) is 6.75. The monoisotopic (exact) mass is 397 g/mol. The average molecular weight is 398 g/mol. The lowest BCUT2D eigenvalue weighted by molar-refractivity contribution is -0.135. The van der Waals surface area contributed by atoms with Crippen LogP contribution in [-0.2, 0) is 16.0 Å². The highest BCUT2D eigenvalue weighted by Crippen LogP contribution is 2.23. The summed E-state index contributed by atoms with van der Waals surface area (Å²) in [7, 11) is 0. The summed E-state index contributed by atoms with van der Waals surface area (Å²) in [6.07, 6.45) is 3.00. The Morgan fingerprint density at radius 2 is 1.93 bits per heavy atom. The predicted octanol–water partition coefficient (Wildman–Crippen LogP) is 2.60. The maximum Gasteiger partial charge on any atom is 0.244 e. The van der Waals surface area contributed by atoms with Crippen LogP contribution in [-0.4, -0.2) is 46.3 Å². The van der Waals surface area contributed by atoms with Crippen LogP contribution in [0.3, 0.4) is 0 Å². The molecule has 0 aromatic carbocycles. The fourth-order valence-electron chi connectivity index (χ4n) is 2.90. The number of rotatable bonds is 11. The van der Waals surface area contributed by atoms with Gasteiger partial charge in [-0.25, -0.2) is 9.97 Å². The summed E-state index contributed by atoms with van der Waals surface area (Å²) in [6.45, 7) is 11.1. The normalized spacial score (nSPS) is 13.3. The molecule has 0 saturated heterocycles. The minimum absolute atomic E-state index is 0.0535. The fourth-order valence-corrected chi connectivity index (χ4v) is 3.22. The topological polar surface area (TPSA) is 101 Å². The largest absolute Gasteiger partial charge is 0.383 e. The van der Waals surface area contributed by atoms with Crippen molar-refractivity contribution in [3.8, 4) is 0 Å². The zero-order valence-electron chi connectivity index (χ0n) is 17.0. The van der Waals surface area contributed by atoms with E-state index < -0.39 is 6.04 Å². The van der Waals surface area contributed by atoms with Crippen LogP contribution < -0.4 is 11.1 Å². The van der Waals surface area contributed by atoms with Crippen molar-refractivity contribution in [1.82, 2.24) is 20.2 Å². The molecule has 3 N–H and O–H groups in total. The lowest BCUT2D eigenvalue weighted by Gasteiger charge is -2.28. The van der Waals surface area contributed by atoms with Gasteiger partial charge in [-0.15, -0.1) is 0 Å². The van der Waals surface area contributed by atoms with Gasteiger partial charge in [0.15, 0.2) is 0 Å². The molecule has 0 spiro atoms. The van der Waals surface area contributed by atoms with Gasteiger partial charge >= 0.3 is 0 Å². The Balaban J connectivity index is 2.62. The first-order chi connectivity index (χ1) is 12.6. The van der Waals surface area contributed by atoms with E-state index in [9.17, 15) is 9.59 Å². The molecular weight excluding hydrogens is 366 g/mol. The number of hydrogen-bond donors (Lipinski definition) is 2. The van der Waals surface area contributed by atoms with Gasteiger partial charge < -0.3 is 16.0 Å². The van der Waals surface area contributed by atoms with Gasteiger partial charge in [0.1, 0.15) is 22.8 Å². The van der Waals surface area contributed by atoms with Crippen molar-refractivity contribution in [2.24, 2.45) is 11.8 Å². The number of carbonyl (C=O) groups excluding carboxylic acids is 2. The van der Waals surface area contributed by atoms with Crippen LogP contribution in [0, 0.1) is 18.8 Å². The highest BCUT2D eigenvalue weighted by atomic mass is 35.5. The van der Waals surface area contributed by atoms with Gasteiger partial charge in [0, 0.05) is 18.7 Å². The van der Waals surface area contributed by atoms with Gasteiger partial charge in [-0.3, -0.25) is 9.59 Å². The Morgan fingerprint density at radius 1 is 1.26 bits per heavy atom. The quantitative estimate of drug-likeness (QED) is 0.441. The summed E-state index contributed by atoms with van der Waals surface area (Å²) in [4.78, 5) is 33.3. The molecule has 1 aromatic rings. The van der Waals surface area contributed by atoms with Crippen molar-refractivity contribution in [1.29, 1.82) is 0 Å². The van der Waals surface area contributed by atoms with Crippen molar-refractivity contribution < 1.29 is 9.59 Å². The van der Waals surface area contributed by atoms with Crippen LogP contribution in [0.2, 0.25) is 5.15 Å². The van der Waals surface area contributed by atoms with Gasteiger partial charge in [-0.05, 0) is 44.9 Å². The van der Waals surface area contributed by atoms with E-state index in [1.165, 1.54) is 0 Å². The Kier molecular flexibility index (Phi) is 9.49. The predicted molar refractivity (Wildman–Crippen MR) is 108 cm³/mol. The number of nitrogens with two attached hydrogens (primary N) is 1. The lowest BCUT2D eigenvalue weighted by Crippen LogP contribution is -2.46. The van der Waals surface area contributed by atoms with Gasteiger partial charge in [-0.2, -0.15) is 0 Å². The standard InChI is InChI=1S/C19H32ClN5O2/c1-12(2)10-25(19(27)14(4)22-11-26)9-8-13(3)6-7-16-17(20)23-15(5)24-18(16)21/h11-14H,6-10H2,1-5H3,(H,22,26)(H2,21,23,24). The second-order valence-corrected chi connectivity index (χ2v) is 7.90. The summed E-state index contributed by atoms with van der Waals surface area (Å²) in [5, 5.41) is 2.95. The van der Waals surface area contributed by atoms with Crippen LogP contribution in [0.4, 0.5) is 5.82 Å². The summed E-state index contributed by atoms with van der Waals surface area (Å²) < 4.78 is 0. The van der Waals surface area contributed by atoms with E-state index in [0.29, 0.717) is 54.6 Å². The SMILES string of the molecule is Cc1nc(N)c(CCC(C)CCN(CC(C)C)C(=O)C(C)NC=O)c(Cl)n1. The van der Waals surface area contributed by atoms with Crippen LogP contribution in [0.1, 0.15) is 51.9 Å². The molecule has 0 radical (unpaired) electrons. The average Bonchev–Trinajstić information content (AvgIpc) is 2.56. The number of halogens is 1. The number of amides is 2. The Bertz CT molecular complexity index is 616. The molecule has 0 saturated carbocycles. The zero-order chi connectivity index (χ0) is 20.6. The first-order valence-corrected chi connectivity index (χ1v) is 9.80. The number of nitrogens with zero attached hydrogens (tertiary/aromatic N) is 3. The molecule has 8 heteroatoms. The van der Waals surface area contributed by atoms with E-state index in [-0.39, 0.29) is 5.91 Å². The maximum atomic E-state index is 12.5. The lowest BCUT2D eigenvalue weighted by atomic mass is 9.98. The van der Waals surface area contributed by atoms with Crippen molar-refractivity contribution in [3.05, 3.63) is 16.5 Å².